The number of alkyl halides is 4. The van der Waals surface area contributed by atoms with Crippen LogP contribution in [0.15, 0.2) is 60.7 Å². The van der Waals surface area contributed by atoms with E-state index in [-0.39, 0.29) is 23.6 Å². The molecule has 1 aliphatic heterocycles. The van der Waals surface area contributed by atoms with Crippen LogP contribution in [0, 0.1) is 0 Å². The van der Waals surface area contributed by atoms with Crippen molar-refractivity contribution in [2.45, 2.75) is 76.2 Å². The van der Waals surface area contributed by atoms with Gasteiger partial charge in [-0.15, -0.1) is 0 Å². The van der Waals surface area contributed by atoms with Gasteiger partial charge in [0.05, 0.1) is 18.1 Å². The van der Waals surface area contributed by atoms with Crippen LogP contribution in [0.3, 0.4) is 0 Å². The molecule has 0 radical (unpaired) electrons. The molecular formula is C36H36F4N2O5S. The number of rotatable bonds is 9. The Morgan fingerprint density at radius 1 is 0.979 bits per heavy atom. The van der Waals surface area contributed by atoms with E-state index in [1.165, 1.54) is 39.2 Å². The summed E-state index contributed by atoms with van der Waals surface area (Å²) in [6.45, 7) is 3.05. The third kappa shape index (κ3) is 6.29. The predicted octanol–water partition coefficient (Wildman–Crippen LogP) is 8.62. The largest absolute Gasteiger partial charge is 0.497 e. The van der Waals surface area contributed by atoms with Gasteiger partial charge in [0.1, 0.15) is 11.5 Å². The van der Waals surface area contributed by atoms with Gasteiger partial charge in [0, 0.05) is 34.1 Å². The van der Waals surface area contributed by atoms with Gasteiger partial charge >= 0.3 is 12.5 Å². The highest BCUT2D eigenvalue weighted by Gasteiger charge is 2.44. The Morgan fingerprint density at radius 3 is 2.40 bits per heavy atom. The Labute approximate surface area is 276 Å². The fraction of sp³-hybridized carbons (Fsp3) is 0.361. The summed E-state index contributed by atoms with van der Waals surface area (Å²) in [6.07, 6.45) is -1.83. The number of para-hydroxylation sites is 1. The molecule has 0 saturated heterocycles. The summed E-state index contributed by atoms with van der Waals surface area (Å²) in [5.74, 6) is -0.435. The molecule has 1 aliphatic carbocycles. The zero-order valence-electron chi connectivity index (χ0n) is 26.7. The topological polar surface area (TPSA) is 86.6 Å². The highest BCUT2D eigenvalue weighted by atomic mass is 32.2. The number of fused-ring (bicyclic) bond motifs is 5. The molecular weight excluding hydrogens is 648 g/mol. The van der Waals surface area contributed by atoms with E-state index in [0.29, 0.717) is 16.8 Å². The molecule has 0 unspecified atom stereocenters. The lowest BCUT2D eigenvalue weighted by atomic mass is 9.81. The maximum Gasteiger partial charge on any atom is 0.461 e. The maximum atomic E-state index is 14.2. The van der Waals surface area contributed by atoms with E-state index in [1.807, 2.05) is 34.9 Å². The molecule has 1 fully saturated rings. The predicted molar refractivity (Wildman–Crippen MR) is 177 cm³/mol. The number of methoxy groups -OCH3 is 1. The monoisotopic (exact) mass is 684 g/mol. The first-order valence-corrected chi connectivity index (χ1v) is 17.4. The second-order valence-electron chi connectivity index (χ2n) is 12.5. The van der Waals surface area contributed by atoms with Crippen LogP contribution < -0.4 is 14.2 Å². The zero-order chi connectivity index (χ0) is 34.4. The lowest BCUT2D eigenvalue weighted by molar-refractivity contribution is -0.253. The van der Waals surface area contributed by atoms with Gasteiger partial charge in [-0.1, -0.05) is 43.5 Å². The summed E-state index contributed by atoms with van der Waals surface area (Å²) in [6, 6.07) is 16.5. The van der Waals surface area contributed by atoms with Crippen LogP contribution >= 0.6 is 0 Å². The van der Waals surface area contributed by atoms with Crippen molar-refractivity contribution in [1.29, 1.82) is 0 Å². The fourth-order valence-electron chi connectivity index (χ4n) is 6.66. The molecule has 0 spiro atoms. The number of aromatic nitrogens is 1. The molecule has 0 bridgehead atoms. The number of ether oxygens (including phenoxy) is 2. The second-order valence-corrected chi connectivity index (χ2v) is 14.8. The van der Waals surface area contributed by atoms with Crippen LogP contribution in [0.5, 0.6) is 11.5 Å². The molecule has 0 atom stereocenters. The van der Waals surface area contributed by atoms with Gasteiger partial charge in [0.2, 0.25) is 10.0 Å². The van der Waals surface area contributed by atoms with E-state index in [4.69, 9.17) is 4.74 Å². The number of carbonyl (C=O) groups is 1. The van der Waals surface area contributed by atoms with Gasteiger partial charge in [0.25, 0.3) is 5.91 Å². The number of benzene rings is 3. The average Bonchev–Trinajstić information content (AvgIpc) is 3.27. The van der Waals surface area contributed by atoms with E-state index < -0.39 is 39.5 Å². The Bertz CT molecular complexity index is 2010. The third-order valence-electron chi connectivity index (χ3n) is 9.14. The van der Waals surface area contributed by atoms with Crippen LogP contribution in [0.4, 0.5) is 17.6 Å². The van der Waals surface area contributed by atoms with Crippen molar-refractivity contribution in [3.63, 3.8) is 0 Å². The molecule has 48 heavy (non-hydrogen) atoms. The van der Waals surface area contributed by atoms with Crippen LogP contribution in [-0.4, -0.2) is 43.8 Å². The summed E-state index contributed by atoms with van der Waals surface area (Å²) in [5, 5.41) is 0.0607. The van der Waals surface area contributed by atoms with Crippen molar-refractivity contribution in [1.82, 2.24) is 9.29 Å². The minimum atomic E-state index is -4.72. The van der Waals surface area contributed by atoms with E-state index in [1.54, 1.807) is 18.2 Å². The number of halogens is 4. The Morgan fingerprint density at radius 2 is 1.71 bits per heavy atom. The molecule has 7 nitrogen and oxygen atoms in total. The number of carbonyl (C=O) groups excluding carboxylic acids is 1. The average molecular weight is 685 g/mol. The number of allylic oxidation sites excluding steroid dienone is 1. The van der Waals surface area contributed by atoms with Gasteiger partial charge in [-0.25, -0.2) is 13.1 Å². The molecule has 6 rings (SSSR count). The molecule has 2 heterocycles. The number of nitrogens with zero attached hydrogens (tertiary/aromatic N) is 1. The molecule has 1 saturated carbocycles. The number of hydrogen-bond donors (Lipinski definition) is 1. The molecule has 1 aromatic heterocycles. The second kappa shape index (κ2) is 12.9. The van der Waals surface area contributed by atoms with Crippen LogP contribution in [0.25, 0.3) is 33.8 Å². The van der Waals surface area contributed by atoms with E-state index in [0.717, 1.165) is 59.9 Å². The van der Waals surface area contributed by atoms with Gasteiger partial charge in [-0.2, -0.15) is 17.6 Å². The van der Waals surface area contributed by atoms with E-state index >= 15 is 0 Å². The molecule has 254 valence electrons. The van der Waals surface area contributed by atoms with Crippen LogP contribution in [0.2, 0.25) is 0 Å². The molecule has 1 amide bonds. The highest BCUT2D eigenvalue weighted by Crippen LogP contribution is 2.48. The minimum absolute atomic E-state index is 0.103. The van der Waals surface area contributed by atoms with E-state index in [9.17, 15) is 30.8 Å². The maximum absolute atomic E-state index is 14.2. The van der Waals surface area contributed by atoms with E-state index in [2.05, 4.69) is 9.46 Å². The fourth-order valence-corrected chi connectivity index (χ4v) is 7.28. The lowest BCUT2D eigenvalue weighted by Crippen LogP contribution is -2.35. The van der Waals surface area contributed by atoms with Crippen LogP contribution in [0.1, 0.15) is 78.9 Å². The summed E-state index contributed by atoms with van der Waals surface area (Å²) in [5.41, 5.74) is 4.99. The quantitative estimate of drug-likeness (QED) is 0.179. The highest BCUT2D eigenvalue weighted by molar-refractivity contribution is 7.90. The lowest BCUT2D eigenvalue weighted by Gasteiger charge is -2.24. The summed E-state index contributed by atoms with van der Waals surface area (Å²) in [7, 11) is -2.37. The Kier molecular flexibility index (Phi) is 9.06. The van der Waals surface area contributed by atoms with Crippen molar-refractivity contribution in [2.24, 2.45) is 0 Å². The molecule has 3 aromatic carbocycles. The van der Waals surface area contributed by atoms with Crippen molar-refractivity contribution in [3.8, 4) is 22.8 Å². The van der Waals surface area contributed by atoms with Crippen molar-refractivity contribution in [2.75, 3.05) is 7.11 Å². The smallest absolute Gasteiger partial charge is 0.461 e. The number of amides is 1. The number of hydrogen-bond acceptors (Lipinski definition) is 5. The SMILES string of the molecule is COc1ccc2c(c1)C=C(c1ccccc1OC(F)(F)C(F)F)Cn1c-2c(C2CCCCC2)c2ccc(C(=O)NS(=O)(=O)C(C)C)cc21. The van der Waals surface area contributed by atoms with Crippen molar-refractivity contribution >= 4 is 38.5 Å². The first-order valence-electron chi connectivity index (χ1n) is 15.9. The normalized spacial score (nSPS) is 15.6. The van der Waals surface area contributed by atoms with Gasteiger partial charge in [0.15, 0.2) is 0 Å². The molecule has 4 aromatic rings. The van der Waals surface area contributed by atoms with Gasteiger partial charge < -0.3 is 14.0 Å². The first-order chi connectivity index (χ1) is 22.8. The van der Waals surface area contributed by atoms with Gasteiger partial charge in [-0.05, 0) is 91.8 Å². The standard InChI is InChI=1S/C36H36F4N2O5S/c1-21(2)48(44,45)41-34(43)23-13-15-29-30(19-23)42-20-25(27-11-7-8-12-31(27)47-36(39,40)35(37)38)17-24-18-26(46-3)14-16-28(24)33(42)32(29)22-9-5-4-6-10-22/h7-8,11-19,21-22,35H,4-6,9-10,20H2,1-3H3,(H,41,43). The van der Waals surface area contributed by atoms with Gasteiger partial charge in [-0.3, -0.25) is 4.79 Å². The molecule has 1 N–H and O–H groups in total. The third-order valence-corrected chi connectivity index (χ3v) is 10.9. The number of nitrogens with one attached hydrogen (secondary N) is 1. The Balaban J connectivity index is 1.60. The zero-order valence-corrected chi connectivity index (χ0v) is 27.6. The van der Waals surface area contributed by atoms with Crippen molar-refractivity contribution in [3.05, 3.63) is 82.9 Å². The molecule has 2 aliphatic rings. The minimum Gasteiger partial charge on any atom is -0.497 e. The summed E-state index contributed by atoms with van der Waals surface area (Å²) < 4.78 is 94.4. The summed E-state index contributed by atoms with van der Waals surface area (Å²) >= 11 is 0. The number of sulfonamides is 1. The van der Waals surface area contributed by atoms with Crippen molar-refractivity contribution < 1.29 is 40.2 Å². The first kappa shape index (κ1) is 33.6. The summed E-state index contributed by atoms with van der Waals surface area (Å²) in [4.78, 5) is 13.3. The molecule has 12 heteroatoms. The Hall–Kier alpha value is -4.32. The van der Waals surface area contributed by atoms with Crippen LogP contribution in [-0.2, 0) is 16.6 Å².